The summed E-state index contributed by atoms with van der Waals surface area (Å²) in [6.45, 7) is 4.66. The smallest absolute Gasteiger partial charge is 0.242 e. The van der Waals surface area contributed by atoms with E-state index in [-0.39, 0.29) is 37.7 Å². The Morgan fingerprint density at radius 1 is 1.00 bits per heavy atom. The van der Waals surface area contributed by atoms with Crippen molar-refractivity contribution in [1.29, 1.82) is 0 Å². The van der Waals surface area contributed by atoms with E-state index in [1.165, 1.54) is 11.4 Å². The van der Waals surface area contributed by atoms with Crippen LogP contribution in [0.15, 0.2) is 48.5 Å². The number of unbranched alkanes of at least 4 members (excludes halogenated alkanes) is 1. The van der Waals surface area contributed by atoms with Crippen LogP contribution >= 0.6 is 0 Å². The molecule has 2 amide bonds. The highest BCUT2D eigenvalue weighted by atomic mass is 32.2. The molecule has 2 aromatic rings. The van der Waals surface area contributed by atoms with E-state index in [1.807, 2.05) is 31.2 Å². The maximum absolute atomic E-state index is 13.3. The fourth-order valence-corrected chi connectivity index (χ4v) is 4.77. The molecule has 0 saturated heterocycles. The van der Waals surface area contributed by atoms with Crippen LogP contribution in [0.3, 0.4) is 0 Å². The highest BCUT2D eigenvalue weighted by Crippen LogP contribution is 2.24. The highest BCUT2D eigenvalue weighted by Gasteiger charge is 2.26. The number of sulfonamides is 1. The van der Waals surface area contributed by atoms with Gasteiger partial charge in [-0.15, -0.1) is 0 Å². The molecule has 0 aromatic heterocycles. The standard InChI is InChI=1S/C27H39N3O6S/c1-6-7-17-28-27(32)21(2)29(20-22-13-15-24(35-3)16-14-22)26(31)12-9-18-30(37(5,33)34)23-10-8-11-25(19-23)36-4/h8,10-11,13-16,19,21H,6-7,9,12,17-18,20H2,1-5H3,(H,28,32). The number of rotatable bonds is 15. The SMILES string of the molecule is CCCCNC(=O)C(C)N(Cc1ccc(OC)cc1)C(=O)CCCN(c1cccc(OC)c1)S(C)(=O)=O. The lowest BCUT2D eigenvalue weighted by Gasteiger charge is -2.29. The number of carbonyl (C=O) groups excluding carboxylic acids is 2. The summed E-state index contributed by atoms with van der Waals surface area (Å²) in [6, 6.07) is 13.4. The van der Waals surface area contributed by atoms with Crippen LogP contribution in [0.25, 0.3) is 0 Å². The summed E-state index contributed by atoms with van der Waals surface area (Å²) in [5.41, 5.74) is 1.32. The lowest BCUT2D eigenvalue weighted by atomic mass is 10.1. The largest absolute Gasteiger partial charge is 0.497 e. The van der Waals surface area contributed by atoms with E-state index in [0.717, 1.165) is 24.7 Å². The number of amides is 2. The molecular weight excluding hydrogens is 494 g/mol. The number of ether oxygens (including phenoxy) is 2. The molecule has 10 heteroatoms. The van der Waals surface area contributed by atoms with Crippen molar-refractivity contribution in [2.24, 2.45) is 0 Å². The Labute approximate surface area is 220 Å². The van der Waals surface area contributed by atoms with Crippen molar-refractivity contribution in [3.8, 4) is 11.5 Å². The molecule has 9 nitrogen and oxygen atoms in total. The Kier molecular flexibility index (Phi) is 11.7. The number of anilines is 1. The minimum Gasteiger partial charge on any atom is -0.497 e. The van der Waals surface area contributed by atoms with Crippen LogP contribution in [0.2, 0.25) is 0 Å². The number of nitrogens with zero attached hydrogens (tertiary/aromatic N) is 2. The topological polar surface area (TPSA) is 105 Å². The Bertz CT molecular complexity index is 1120. The van der Waals surface area contributed by atoms with E-state index in [1.54, 1.807) is 43.2 Å². The van der Waals surface area contributed by atoms with Crippen molar-refractivity contribution in [1.82, 2.24) is 10.2 Å². The molecule has 0 fully saturated rings. The second-order valence-electron chi connectivity index (χ2n) is 8.83. The van der Waals surface area contributed by atoms with Crippen LogP contribution in [0.5, 0.6) is 11.5 Å². The predicted octanol–water partition coefficient (Wildman–Crippen LogP) is 3.58. The zero-order valence-electron chi connectivity index (χ0n) is 22.4. The number of carbonyl (C=O) groups is 2. The van der Waals surface area contributed by atoms with E-state index in [0.29, 0.717) is 23.7 Å². The van der Waals surface area contributed by atoms with E-state index in [4.69, 9.17) is 9.47 Å². The van der Waals surface area contributed by atoms with E-state index >= 15 is 0 Å². The van der Waals surface area contributed by atoms with Crippen molar-refractivity contribution >= 4 is 27.5 Å². The Morgan fingerprint density at radius 2 is 1.68 bits per heavy atom. The van der Waals surface area contributed by atoms with Gasteiger partial charge in [-0.25, -0.2) is 8.42 Å². The predicted molar refractivity (Wildman–Crippen MR) is 145 cm³/mol. The molecule has 0 heterocycles. The summed E-state index contributed by atoms with van der Waals surface area (Å²) >= 11 is 0. The van der Waals surface area contributed by atoms with Crippen molar-refractivity contribution in [3.05, 3.63) is 54.1 Å². The third-order valence-corrected chi connectivity index (χ3v) is 7.20. The van der Waals surface area contributed by atoms with Crippen LogP contribution in [0.1, 0.15) is 45.1 Å². The molecule has 0 aliphatic rings. The first-order chi connectivity index (χ1) is 17.6. The first kappa shape index (κ1) is 30.0. The third kappa shape index (κ3) is 9.27. The summed E-state index contributed by atoms with van der Waals surface area (Å²) < 4.78 is 36.7. The average molecular weight is 534 g/mol. The number of hydrogen-bond donors (Lipinski definition) is 1. The highest BCUT2D eigenvalue weighted by molar-refractivity contribution is 7.92. The molecule has 0 radical (unpaired) electrons. The molecule has 2 aromatic carbocycles. The van der Waals surface area contributed by atoms with Crippen molar-refractivity contribution in [3.63, 3.8) is 0 Å². The van der Waals surface area contributed by atoms with Crippen LogP contribution < -0.4 is 19.1 Å². The quantitative estimate of drug-likeness (QED) is 0.351. The molecule has 1 atom stereocenters. The van der Waals surface area contributed by atoms with E-state index in [9.17, 15) is 18.0 Å². The Balaban J connectivity index is 2.16. The van der Waals surface area contributed by atoms with Crippen LogP contribution in [0, 0.1) is 0 Å². The van der Waals surface area contributed by atoms with Crippen LogP contribution in [-0.4, -0.2) is 64.7 Å². The molecule has 1 unspecified atom stereocenters. The minimum atomic E-state index is -3.58. The summed E-state index contributed by atoms with van der Waals surface area (Å²) in [7, 11) is -0.486. The van der Waals surface area contributed by atoms with Crippen molar-refractivity contribution < 1.29 is 27.5 Å². The number of nitrogens with one attached hydrogen (secondary N) is 1. The van der Waals surface area contributed by atoms with Gasteiger partial charge in [0.05, 0.1) is 26.2 Å². The Hall–Kier alpha value is -3.27. The molecule has 0 aliphatic heterocycles. The molecule has 0 spiro atoms. The van der Waals surface area contributed by atoms with Crippen LogP contribution in [-0.2, 0) is 26.2 Å². The molecule has 0 bridgehead atoms. The third-order valence-electron chi connectivity index (χ3n) is 6.00. The zero-order chi connectivity index (χ0) is 27.4. The maximum atomic E-state index is 13.3. The van der Waals surface area contributed by atoms with Gasteiger partial charge in [-0.2, -0.15) is 0 Å². The van der Waals surface area contributed by atoms with Gasteiger partial charge in [0.2, 0.25) is 21.8 Å². The van der Waals surface area contributed by atoms with Gasteiger partial charge in [0.15, 0.2) is 0 Å². The molecule has 37 heavy (non-hydrogen) atoms. The fraction of sp³-hybridized carbons (Fsp3) is 0.481. The van der Waals surface area contributed by atoms with Gasteiger partial charge in [-0.1, -0.05) is 31.5 Å². The zero-order valence-corrected chi connectivity index (χ0v) is 23.2. The summed E-state index contributed by atoms with van der Waals surface area (Å²) in [5, 5.41) is 2.90. The van der Waals surface area contributed by atoms with Crippen molar-refractivity contribution in [2.45, 2.75) is 52.1 Å². The molecule has 0 aliphatic carbocycles. The molecule has 1 N–H and O–H groups in total. The molecular formula is C27H39N3O6S. The minimum absolute atomic E-state index is 0.0821. The Morgan fingerprint density at radius 3 is 2.27 bits per heavy atom. The van der Waals surface area contributed by atoms with Gasteiger partial charge in [0, 0.05) is 32.1 Å². The van der Waals surface area contributed by atoms with Gasteiger partial charge >= 0.3 is 0 Å². The van der Waals surface area contributed by atoms with E-state index in [2.05, 4.69) is 5.32 Å². The van der Waals surface area contributed by atoms with Gasteiger partial charge in [-0.05, 0) is 49.6 Å². The molecule has 2 rings (SSSR count). The molecule has 204 valence electrons. The number of hydrogen-bond acceptors (Lipinski definition) is 6. The number of benzene rings is 2. The fourth-order valence-electron chi connectivity index (χ4n) is 3.82. The maximum Gasteiger partial charge on any atom is 0.242 e. The summed E-state index contributed by atoms with van der Waals surface area (Å²) in [4.78, 5) is 27.7. The monoisotopic (exact) mass is 533 g/mol. The first-order valence-corrected chi connectivity index (χ1v) is 14.3. The lowest BCUT2D eigenvalue weighted by Crippen LogP contribution is -2.47. The first-order valence-electron chi connectivity index (χ1n) is 12.4. The second-order valence-corrected chi connectivity index (χ2v) is 10.7. The lowest BCUT2D eigenvalue weighted by molar-refractivity contribution is -0.140. The summed E-state index contributed by atoms with van der Waals surface area (Å²) in [6.07, 6.45) is 3.31. The summed E-state index contributed by atoms with van der Waals surface area (Å²) in [5.74, 6) is 0.790. The van der Waals surface area contributed by atoms with Crippen LogP contribution in [0.4, 0.5) is 5.69 Å². The van der Waals surface area contributed by atoms with Gasteiger partial charge in [0.25, 0.3) is 0 Å². The second kappa shape index (κ2) is 14.5. The normalized spacial score (nSPS) is 11.9. The van der Waals surface area contributed by atoms with E-state index < -0.39 is 16.1 Å². The number of methoxy groups -OCH3 is 2. The van der Waals surface area contributed by atoms with Crippen molar-refractivity contribution in [2.75, 3.05) is 37.9 Å². The van der Waals surface area contributed by atoms with Gasteiger partial charge in [0.1, 0.15) is 17.5 Å². The molecule has 0 saturated carbocycles. The average Bonchev–Trinajstić information content (AvgIpc) is 2.88. The van der Waals surface area contributed by atoms with Gasteiger partial charge in [-0.3, -0.25) is 13.9 Å². The van der Waals surface area contributed by atoms with Gasteiger partial charge < -0.3 is 19.7 Å².